The first kappa shape index (κ1) is 19.0. The van der Waals surface area contributed by atoms with E-state index < -0.39 is 0 Å². The number of fused-ring (bicyclic) bond motifs is 2. The Balaban J connectivity index is 1.68. The van der Waals surface area contributed by atoms with Crippen molar-refractivity contribution >= 4 is 16.9 Å². The molecule has 4 aromatic rings. The fraction of sp³-hybridized carbons (Fsp3) is 0.217. The van der Waals surface area contributed by atoms with Gasteiger partial charge in [-0.2, -0.15) is 0 Å². The highest BCUT2D eigenvalue weighted by atomic mass is 16.5. The maximum Gasteiger partial charge on any atom is 0.332 e. The summed E-state index contributed by atoms with van der Waals surface area (Å²) in [5, 5.41) is 3.34. The average molecular weight is 418 g/mol. The van der Waals surface area contributed by atoms with Gasteiger partial charge in [-0.05, 0) is 53.9 Å². The minimum absolute atomic E-state index is 0.226. The number of pyridine rings is 1. The van der Waals surface area contributed by atoms with Gasteiger partial charge in [-0.1, -0.05) is 0 Å². The number of anilines is 1. The Labute approximate surface area is 178 Å². The standard InChI is InChI=1S/C23H22N4O4/c1-29-19-10-14(11-20(30-2)21(19)31-3)15-9-18-22(25-12-15)26-23(28)27(18)16-4-5-17-13(8-16)6-7-24-17/h4-5,8-12,24H,6-7H2,1-3H3,(H,25,26,28). The number of imidazole rings is 1. The number of H-pyrrole nitrogens is 1. The van der Waals surface area contributed by atoms with Crippen molar-refractivity contribution in [1.82, 2.24) is 14.5 Å². The Hall–Kier alpha value is -3.94. The maximum atomic E-state index is 12.8. The zero-order valence-electron chi connectivity index (χ0n) is 17.5. The van der Waals surface area contributed by atoms with Crippen LogP contribution in [-0.2, 0) is 6.42 Å². The van der Waals surface area contributed by atoms with Crippen molar-refractivity contribution in [2.45, 2.75) is 6.42 Å². The van der Waals surface area contributed by atoms with Crippen LogP contribution in [0, 0.1) is 0 Å². The van der Waals surface area contributed by atoms with Crippen molar-refractivity contribution in [2.24, 2.45) is 0 Å². The highest BCUT2D eigenvalue weighted by Crippen LogP contribution is 2.41. The van der Waals surface area contributed by atoms with Gasteiger partial charge in [-0.3, -0.25) is 9.55 Å². The predicted octanol–water partition coefficient (Wildman–Crippen LogP) is 3.37. The Bertz CT molecular complexity index is 1330. The molecular weight excluding hydrogens is 396 g/mol. The monoisotopic (exact) mass is 418 g/mol. The van der Waals surface area contributed by atoms with E-state index in [2.05, 4.69) is 21.4 Å². The van der Waals surface area contributed by atoms with Gasteiger partial charge in [0, 0.05) is 24.0 Å². The molecule has 2 aromatic carbocycles. The minimum Gasteiger partial charge on any atom is -0.493 e. The van der Waals surface area contributed by atoms with Crippen LogP contribution >= 0.6 is 0 Å². The van der Waals surface area contributed by atoms with Crippen LogP contribution < -0.4 is 25.2 Å². The smallest absolute Gasteiger partial charge is 0.332 e. The summed E-state index contributed by atoms with van der Waals surface area (Å²) in [6.07, 6.45) is 2.66. The first-order valence-electron chi connectivity index (χ1n) is 9.91. The molecule has 0 atom stereocenters. The molecule has 1 aliphatic rings. The average Bonchev–Trinajstić information content (AvgIpc) is 3.40. The molecule has 0 bridgehead atoms. The molecule has 31 heavy (non-hydrogen) atoms. The van der Waals surface area contributed by atoms with Crippen LogP contribution in [0.15, 0.2) is 47.4 Å². The first-order valence-corrected chi connectivity index (χ1v) is 9.91. The van der Waals surface area contributed by atoms with Gasteiger partial charge >= 0.3 is 5.69 Å². The van der Waals surface area contributed by atoms with Gasteiger partial charge in [0.25, 0.3) is 0 Å². The second-order valence-electron chi connectivity index (χ2n) is 7.29. The number of methoxy groups -OCH3 is 3. The fourth-order valence-electron chi connectivity index (χ4n) is 4.08. The molecule has 3 heterocycles. The molecule has 2 N–H and O–H groups in total. The van der Waals surface area contributed by atoms with E-state index >= 15 is 0 Å². The second-order valence-corrected chi connectivity index (χ2v) is 7.29. The first-order chi connectivity index (χ1) is 15.1. The van der Waals surface area contributed by atoms with E-state index in [1.165, 1.54) is 5.56 Å². The summed E-state index contributed by atoms with van der Waals surface area (Å²) in [6, 6.07) is 11.7. The quantitative estimate of drug-likeness (QED) is 0.516. The van der Waals surface area contributed by atoms with Crippen LogP contribution in [-0.4, -0.2) is 42.4 Å². The zero-order valence-corrected chi connectivity index (χ0v) is 17.5. The number of nitrogens with zero attached hydrogens (tertiary/aromatic N) is 2. The molecule has 158 valence electrons. The topological polar surface area (TPSA) is 90.4 Å². The van der Waals surface area contributed by atoms with Gasteiger partial charge in [0.05, 0.1) is 32.5 Å². The molecule has 2 aromatic heterocycles. The molecule has 0 fully saturated rings. The molecule has 5 rings (SSSR count). The lowest BCUT2D eigenvalue weighted by Crippen LogP contribution is -2.14. The van der Waals surface area contributed by atoms with Crippen LogP contribution in [0.2, 0.25) is 0 Å². The summed E-state index contributed by atoms with van der Waals surface area (Å²) < 4.78 is 18.0. The third-order valence-electron chi connectivity index (χ3n) is 5.59. The van der Waals surface area contributed by atoms with Crippen molar-refractivity contribution in [3.05, 3.63) is 58.6 Å². The molecule has 8 nitrogen and oxygen atoms in total. The summed E-state index contributed by atoms with van der Waals surface area (Å²) in [4.78, 5) is 20.1. The van der Waals surface area contributed by atoms with Gasteiger partial charge in [0.1, 0.15) is 0 Å². The molecule has 0 saturated heterocycles. The van der Waals surface area contributed by atoms with E-state index in [1.807, 2.05) is 30.3 Å². The van der Waals surface area contributed by atoms with E-state index in [9.17, 15) is 4.79 Å². The molecular formula is C23H22N4O4. The lowest BCUT2D eigenvalue weighted by atomic mass is 10.1. The minimum atomic E-state index is -0.226. The number of rotatable bonds is 5. The molecule has 0 unspecified atom stereocenters. The van der Waals surface area contributed by atoms with Gasteiger partial charge in [-0.15, -0.1) is 0 Å². The number of ether oxygens (including phenoxy) is 3. The Kier molecular flexibility index (Phi) is 4.54. The van der Waals surface area contributed by atoms with E-state index in [4.69, 9.17) is 14.2 Å². The van der Waals surface area contributed by atoms with Gasteiger partial charge in [-0.25, -0.2) is 9.78 Å². The Morgan fingerprint density at radius 2 is 1.74 bits per heavy atom. The number of nitrogens with one attached hydrogen (secondary N) is 2. The van der Waals surface area contributed by atoms with Crippen LogP contribution in [0.1, 0.15) is 5.56 Å². The third-order valence-corrected chi connectivity index (χ3v) is 5.59. The highest BCUT2D eigenvalue weighted by Gasteiger charge is 2.17. The molecule has 0 radical (unpaired) electrons. The van der Waals surface area contributed by atoms with E-state index in [0.717, 1.165) is 35.5 Å². The summed E-state index contributed by atoms with van der Waals surface area (Å²) >= 11 is 0. The molecule has 0 aliphatic carbocycles. The van der Waals surface area contributed by atoms with Crippen LogP contribution in [0.25, 0.3) is 28.0 Å². The number of aromatic nitrogens is 3. The summed E-state index contributed by atoms with van der Waals surface area (Å²) in [5.74, 6) is 1.62. The summed E-state index contributed by atoms with van der Waals surface area (Å²) in [7, 11) is 4.72. The molecule has 0 amide bonds. The van der Waals surface area contributed by atoms with Crippen molar-refractivity contribution in [2.75, 3.05) is 33.2 Å². The summed E-state index contributed by atoms with van der Waals surface area (Å²) in [6.45, 7) is 0.911. The van der Waals surface area contributed by atoms with Crippen molar-refractivity contribution in [3.63, 3.8) is 0 Å². The SMILES string of the molecule is COc1cc(-c2cnc3[nH]c(=O)n(-c4ccc5c(c4)CCN5)c3c2)cc(OC)c1OC. The predicted molar refractivity (Wildman–Crippen MR) is 119 cm³/mol. The summed E-state index contributed by atoms with van der Waals surface area (Å²) in [5.41, 5.74) is 5.78. The van der Waals surface area contributed by atoms with Crippen molar-refractivity contribution in [1.29, 1.82) is 0 Å². The largest absolute Gasteiger partial charge is 0.493 e. The lowest BCUT2D eigenvalue weighted by Gasteiger charge is -2.14. The molecule has 8 heteroatoms. The van der Waals surface area contributed by atoms with E-state index in [0.29, 0.717) is 28.4 Å². The molecule has 0 spiro atoms. The van der Waals surface area contributed by atoms with Crippen LogP contribution in [0.4, 0.5) is 5.69 Å². The number of hydrogen-bond donors (Lipinski definition) is 2. The highest BCUT2D eigenvalue weighted by molar-refractivity contribution is 5.81. The van der Waals surface area contributed by atoms with Crippen molar-refractivity contribution < 1.29 is 14.2 Å². The second kappa shape index (κ2) is 7.39. The molecule has 0 saturated carbocycles. The van der Waals surface area contributed by atoms with E-state index in [1.54, 1.807) is 32.1 Å². The maximum absolute atomic E-state index is 12.8. The number of aromatic amines is 1. The van der Waals surface area contributed by atoms with Crippen LogP contribution in [0.3, 0.4) is 0 Å². The van der Waals surface area contributed by atoms with E-state index in [-0.39, 0.29) is 5.69 Å². The van der Waals surface area contributed by atoms with Gasteiger partial charge in [0.15, 0.2) is 17.1 Å². The van der Waals surface area contributed by atoms with Crippen molar-refractivity contribution in [3.8, 4) is 34.1 Å². The lowest BCUT2D eigenvalue weighted by molar-refractivity contribution is 0.324. The number of hydrogen-bond acceptors (Lipinski definition) is 6. The fourth-order valence-corrected chi connectivity index (χ4v) is 4.08. The number of benzene rings is 2. The molecule has 1 aliphatic heterocycles. The Morgan fingerprint density at radius 1 is 0.968 bits per heavy atom. The van der Waals surface area contributed by atoms with Gasteiger partial charge in [0.2, 0.25) is 5.75 Å². The van der Waals surface area contributed by atoms with Gasteiger partial charge < -0.3 is 19.5 Å². The van der Waals surface area contributed by atoms with Crippen LogP contribution in [0.5, 0.6) is 17.2 Å². The third kappa shape index (κ3) is 3.07. The zero-order chi connectivity index (χ0) is 21.5. The Morgan fingerprint density at radius 3 is 2.45 bits per heavy atom. The normalized spacial score (nSPS) is 12.5.